The highest BCUT2D eigenvalue weighted by Gasteiger charge is 2.17. The third-order valence-corrected chi connectivity index (χ3v) is 6.17. The van der Waals surface area contributed by atoms with Crippen molar-refractivity contribution in [2.24, 2.45) is 0 Å². The van der Waals surface area contributed by atoms with Crippen LogP contribution < -0.4 is 19.1 Å². The van der Waals surface area contributed by atoms with Gasteiger partial charge in [-0.05, 0) is 48.4 Å². The van der Waals surface area contributed by atoms with Crippen LogP contribution >= 0.6 is 0 Å². The highest BCUT2D eigenvalue weighted by Crippen LogP contribution is 2.23. The zero-order valence-corrected chi connectivity index (χ0v) is 20.0. The van der Waals surface area contributed by atoms with Gasteiger partial charge in [0, 0.05) is 13.0 Å². The Morgan fingerprint density at radius 3 is 2.12 bits per heavy atom. The summed E-state index contributed by atoms with van der Waals surface area (Å²) in [5.74, 6) is 1.25. The summed E-state index contributed by atoms with van der Waals surface area (Å²) in [6.45, 7) is 1.39. The van der Waals surface area contributed by atoms with E-state index in [4.69, 9.17) is 9.47 Å². The largest absolute Gasteiger partial charge is 0.492 e. The first-order valence-electron chi connectivity index (χ1n) is 11.1. The molecule has 0 heterocycles. The normalized spacial score (nSPS) is 11.0. The second-order valence-corrected chi connectivity index (χ2v) is 9.63. The van der Waals surface area contributed by atoms with E-state index in [-0.39, 0.29) is 18.9 Å². The van der Waals surface area contributed by atoms with E-state index >= 15 is 0 Å². The summed E-state index contributed by atoms with van der Waals surface area (Å²) >= 11 is 0. The van der Waals surface area contributed by atoms with Gasteiger partial charge >= 0.3 is 0 Å². The van der Waals surface area contributed by atoms with E-state index in [1.165, 1.54) is 4.31 Å². The molecular formula is C26H30N2O5S. The number of anilines is 1. The van der Waals surface area contributed by atoms with Gasteiger partial charge in [0.1, 0.15) is 24.7 Å². The maximum Gasteiger partial charge on any atom is 0.232 e. The molecule has 0 atom stereocenters. The molecule has 0 aliphatic carbocycles. The predicted molar refractivity (Wildman–Crippen MR) is 134 cm³/mol. The van der Waals surface area contributed by atoms with Gasteiger partial charge in [0.25, 0.3) is 0 Å². The van der Waals surface area contributed by atoms with Crippen LogP contribution in [0.3, 0.4) is 0 Å². The molecule has 0 saturated heterocycles. The first-order valence-corrected chi connectivity index (χ1v) is 13.0. The Labute approximate surface area is 201 Å². The van der Waals surface area contributed by atoms with Crippen molar-refractivity contribution in [2.75, 3.05) is 30.3 Å². The molecule has 0 aliphatic heterocycles. The summed E-state index contributed by atoms with van der Waals surface area (Å²) in [7, 11) is -3.49. The molecule has 0 aromatic heterocycles. The highest BCUT2D eigenvalue weighted by molar-refractivity contribution is 7.92. The van der Waals surface area contributed by atoms with Crippen LogP contribution in [0.5, 0.6) is 11.5 Å². The van der Waals surface area contributed by atoms with E-state index in [0.717, 1.165) is 17.6 Å². The number of hydrogen-bond acceptors (Lipinski definition) is 5. The molecule has 0 aliphatic rings. The summed E-state index contributed by atoms with van der Waals surface area (Å²) in [4.78, 5) is 12.1. The molecule has 0 fully saturated rings. The van der Waals surface area contributed by atoms with Gasteiger partial charge in [-0.15, -0.1) is 0 Å². The average molecular weight is 483 g/mol. The molecule has 8 heteroatoms. The SMILES string of the molecule is CS(=O)(=O)N(CCCC(=O)NCCOc1ccccc1)c1ccc(OCc2ccccc2)cc1. The number of ether oxygens (including phenoxy) is 2. The van der Waals surface area contributed by atoms with Crippen molar-refractivity contribution in [2.45, 2.75) is 19.4 Å². The smallest absolute Gasteiger partial charge is 0.232 e. The Morgan fingerprint density at radius 1 is 0.853 bits per heavy atom. The molecule has 3 aromatic rings. The summed E-state index contributed by atoms with van der Waals surface area (Å²) in [5.41, 5.74) is 1.58. The predicted octanol–water partition coefficient (Wildman–Crippen LogP) is 4.01. The van der Waals surface area contributed by atoms with Crippen molar-refractivity contribution in [3.05, 3.63) is 90.5 Å². The van der Waals surface area contributed by atoms with Crippen LogP contribution in [0.15, 0.2) is 84.9 Å². The average Bonchev–Trinajstić information content (AvgIpc) is 2.84. The Hall–Kier alpha value is -3.52. The van der Waals surface area contributed by atoms with E-state index in [1.807, 2.05) is 60.7 Å². The van der Waals surface area contributed by atoms with Crippen LogP contribution in [0.4, 0.5) is 5.69 Å². The lowest BCUT2D eigenvalue weighted by atomic mass is 10.2. The molecular weight excluding hydrogens is 452 g/mol. The minimum atomic E-state index is -3.49. The number of sulfonamides is 1. The summed E-state index contributed by atoms with van der Waals surface area (Å²) in [6.07, 6.45) is 1.77. The lowest BCUT2D eigenvalue weighted by molar-refractivity contribution is -0.121. The molecule has 3 aromatic carbocycles. The van der Waals surface area contributed by atoms with Gasteiger partial charge in [-0.3, -0.25) is 9.10 Å². The molecule has 180 valence electrons. The number of carbonyl (C=O) groups excluding carboxylic acids is 1. The number of nitrogens with one attached hydrogen (secondary N) is 1. The Balaban J connectivity index is 1.43. The highest BCUT2D eigenvalue weighted by atomic mass is 32.2. The number of amides is 1. The lowest BCUT2D eigenvalue weighted by Gasteiger charge is -2.22. The zero-order valence-electron chi connectivity index (χ0n) is 19.2. The van der Waals surface area contributed by atoms with Gasteiger partial charge < -0.3 is 14.8 Å². The Bertz CT molecular complexity index is 1120. The molecule has 0 radical (unpaired) electrons. The van der Waals surface area contributed by atoms with Crippen LogP contribution in [-0.2, 0) is 21.4 Å². The quantitative estimate of drug-likeness (QED) is 0.372. The molecule has 0 saturated carbocycles. The molecule has 3 rings (SSSR count). The van der Waals surface area contributed by atoms with Crippen LogP contribution in [0.1, 0.15) is 18.4 Å². The Morgan fingerprint density at radius 2 is 1.47 bits per heavy atom. The number of rotatable bonds is 13. The maximum absolute atomic E-state index is 12.3. The van der Waals surface area contributed by atoms with E-state index in [1.54, 1.807) is 24.3 Å². The van der Waals surface area contributed by atoms with Crippen molar-refractivity contribution in [3.8, 4) is 11.5 Å². The Kier molecular flexibility index (Phi) is 9.34. The minimum Gasteiger partial charge on any atom is -0.492 e. The molecule has 1 amide bonds. The van der Waals surface area contributed by atoms with Gasteiger partial charge in [0.2, 0.25) is 15.9 Å². The fourth-order valence-corrected chi connectivity index (χ4v) is 4.25. The van der Waals surface area contributed by atoms with E-state index in [2.05, 4.69) is 5.32 Å². The van der Waals surface area contributed by atoms with E-state index < -0.39 is 10.0 Å². The summed E-state index contributed by atoms with van der Waals surface area (Å²) in [6, 6.07) is 26.1. The van der Waals surface area contributed by atoms with Crippen molar-refractivity contribution in [1.29, 1.82) is 0 Å². The fraction of sp³-hybridized carbons (Fsp3) is 0.269. The number of para-hydroxylation sites is 1. The standard InChI is InChI=1S/C26H30N2O5S/c1-34(30,31)28(19-8-13-26(29)27-18-20-32-24-11-6-3-7-12-24)23-14-16-25(17-15-23)33-21-22-9-4-2-5-10-22/h2-7,9-12,14-17H,8,13,18-21H2,1H3,(H,27,29). The first kappa shape index (κ1) is 25.1. The van der Waals surface area contributed by atoms with Gasteiger partial charge in [-0.25, -0.2) is 8.42 Å². The van der Waals surface area contributed by atoms with Crippen molar-refractivity contribution >= 4 is 21.6 Å². The molecule has 0 bridgehead atoms. The topological polar surface area (TPSA) is 84.9 Å². The van der Waals surface area contributed by atoms with Crippen LogP contribution in [0.2, 0.25) is 0 Å². The van der Waals surface area contributed by atoms with E-state index in [9.17, 15) is 13.2 Å². The number of hydrogen-bond donors (Lipinski definition) is 1. The zero-order chi connectivity index (χ0) is 24.2. The second-order valence-electron chi connectivity index (χ2n) is 7.72. The summed E-state index contributed by atoms with van der Waals surface area (Å²) < 4.78 is 37.3. The van der Waals surface area contributed by atoms with Gasteiger partial charge in [0.15, 0.2) is 0 Å². The van der Waals surface area contributed by atoms with E-state index in [0.29, 0.717) is 37.6 Å². The monoisotopic (exact) mass is 482 g/mol. The number of benzene rings is 3. The molecule has 1 N–H and O–H groups in total. The van der Waals surface area contributed by atoms with Crippen LogP contribution in [-0.4, -0.2) is 40.3 Å². The van der Waals surface area contributed by atoms with Gasteiger partial charge in [0.05, 0.1) is 18.5 Å². The number of nitrogens with zero attached hydrogens (tertiary/aromatic N) is 1. The van der Waals surface area contributed by atoms with Crippen LogP contribution in [0.25, 0.3) is 0 Å². The lowest BCUT2D eigenvalue weighted by Crippen LogP contribution is -2.32. The fourth-order valence-electron chi connectivity index (χ4n) is 3.28. The minimum absolute atomic E-state index is 0.144. The molecule has 34 heavy (non-hydrogen) atoms. The molecule has 7 nitrogen and oxygen atoms in total. The molecule has 0 unspecified atom stereocenters. The van der Waals surface area contributed by atoms with Crippen molar-refractivity contribution in [1.82, 2.24) is 5.32 Å². The first-order chi connectivity index (χ1) is 16.4. The number of carbonyl (C=O) groups is 1. The van der Waals surface area contributed by atoms with Gasteiger partial charge in [-0.1, -0.05) is 48.5 Å². The van der Waals surface area contributed by atoms with Crippen molar-refractivity contribution < 1.29 is 22.7 Å². The third-order valence-electron chi connectivity index (χ3n) is 4.97. The third kappa shape index (κ3) is 8.44. The van der Waals surface area contributed by atoms with Crippen molar-refractivity contribution in [3.63, 3.8) is 0 Å². The van der Waals surface area contributed by atoms with Crippen LogP contribution in [0, 0.1) is 0 Å². The summed E-state index contributed by atoms with van der Waals surface area (Å²) in [5, 5.41) is 2.79. The second kappa shape index (κ2) is 12.6. The van der Waals surface area contributed by atoms with Gasteiger partial charge in [-0.2, -0.15) is 0 Å². The molecule has 0 spiro atoms. The maximum atomic E-state index is 12.3.